The van der Waals surface area contributed by atoms with E-state index < -0.39 is 4.92 Å². The molecule has 20 heavy (non-hydrogen) atoms. The fraction of sp³-hybridized carbons (Fsp3) is 0.615. The first-order valence-electron chi connectivity index (χ1n) is 6.67. The molecule has 0 saturated heterocycles. The summed E-state index contributed by atoms with van der Waals surface area (Å²) in [4.78, 5) is 22.2. The molecule has 0 radical (unpaired) electrons. The lowest BCUT2D eigenvalue weighted by atomic mass is 9.87. The molecule has 2 rings (SSSR count). The Morgan fingerprint density at radius 1 is 1.55 bits per heavy atom. The summed E-state index contributed by atoms with van der Waals surface area (Å²) in [7, 11) is 1.60. The Kier molecular flexibility index (Phi) is 4.08. The van der Waals surface area contributed by atoms with E-state index >= 15 is 0 Å². The van der Waals surface area contributed by atoms with Crippen molar-refractivity contribution < 1.29 is 14.8 Å². The van der Waals surface area contributed by atoms with Gasteiger partial charge in [0.15, 0.2) is 0 Å². The lowest BCUT2D eigenvalue weighted by Crippen LogP contribution is -2.38. The first kappa shape index (κ1) is 14.5. The SMILES string of the molecule is Cn1cc([N+](=O)[O-])cc1C(=O)NCC1(CO)CCCC1. The van der Waals surface area contributed by atoms with Gasteiger partial charge in [-0.2, -0.15) is 0 Å². The summed E-state index contributed by atoms with van der Waals surface area (Å²) in [6, 6.07) is 1.26. The normalized spacial score (nSPS) is 17.1. The Labute approximate surface area is 116 Å². The van der Waals surface area contributed by atoms with Crippen molar-refractivity contribution in [1.29, 1.82) is 0 Å². The van der Waals surface area contributed by atoms with Crippen LogP contribution in [0, 0.1) is 15.5 Å². The van der Waals surface area contributed by atoms with Crippen molar-refractivity contribution in [3.05, 3.63) is 28.1 Å². The minimum atomic E-state index is -0.525. The molecule has 0 bridgehead atoms. The van der Waals surface area contributed by atoms with Crippen LogP contribution in [0.25, 0.3) is 0 Å². The molecule has 0 atom stereocenters. The maximum Gasteiger partial charge on any atom is 0.287 e. The van der Waals surface area contributed by atoms with Crippen LogP contribution in [0.3, 0.4) is 0 Å². The molecule has 7 heteroatoms. The molecule has 7 nitrogen and oxygen atoms in total. The monoisotopic (exact) mass is 281 g/mol. The number of aliphatic hydroxyl groups excluding tert-OH is 1. The topological polar surface area (TPSA) is 97.4 Å². The molecule has 0 aromatic carbocycles. The average Bonchev–Trinajstić information content (AvgIpc) is 3.03. The van der Waals surface area contributed by atoms with Gasteiger partial charge in [0.2, 0.25) is 0 Å². The third-order valence-electron chi connectivity index (χ3n) is 4.06. The van der Waals surface area contributed by atoms with Gasteiger partial charge in [-0.25, -0.2) is 0 Å². The molecular weight excluding hydrogens is 262 g/mol. The van der Waals surface area contributed by atoms with Crippen LogP contribution in [0.15, 0.2) is 12.3 Å². The Bertz CT molecular complexity index is 518. The van der Waals surface area contributed by atoms with Crippen LogP contribution in [-0.2, 0) is 7.05 Å². The van der Waals surface area contributed by atoms with E-state index in [-0.39, 0.29) is 29.3 Å². The molecule has 0 aliphatic heterocycles. The number of aryl methyl sites for hydroxylation is 1. The van der Waals surface area contributed by atoms with E-state index in [2.05, 4.69) is 5.32 Å². The van der Waals surface area contributed by atoms with Crippen molar-refractivity contribution in [2.75, 3.05) is 13.2 Å². The van der Waals surface area contributed by atoms with Crippen molar-refractivity contribution in [2.45, 2.75) is 25.7 Å². The molecule has 1 heterocycles. The van der Waals surface area contributed by atoms with Gasteiger partial charge in [0, 0.05) is 25.1 Å². The minimum Gasteiger partial charge on any atom is -0.396 e. The summed E-state index contributed by atoms with van der Waals surface area (Å²) in [5.74, 6) is -0.347. The quantitative estimate of drug-likeness (QED) is 0.626. The van der Waals surface area contributed by atoms with Gasteiger partial charge in [-0.1, -0.05) is 12.8 Å². The maximum absolute atomic E-state index is 12.1. The average molecular weight is 281 g/mol. The number of hydrogen-bond acceptors (Lipinski definition) is 4. The summed E-state index contributed by atoms with van der Waals surface area (Å²) in [6.07, 6.45) is 5.23. The number of nitro groups is 1. The van der Waals surface area contributed by atoms with Crippen LogP contribution in [0.5, 0.6) is 0 Å². The van der Waals surface area contributed by atoms with Crippen LogP contribution >= 0.6 is 0 Å². The zero-order chi connectivity index (χ0) is 14.8. The molecular formula is C13H19N3O4. The number of carbonyl (C=O) groups is 1. The third kappa shape index (κ3) is 2.82. The summed E-state index contributed by atoms with van der Waals surface area (Å²) in [5.41, 5.74) is -0.0783. The van der Waals surface area contributed by atoms with Crippen molar-refractivity contribution in [3.8, 4) is 0 Å². The van der Waals surface area contributed by atoms with Gasteiger partial charge >= 0.3 is 0 Å². The number of aliphatic hydroxyl groups is 1. The lowest BCUT2D eigenvalue weighted by molar-refractivity contribution is -0.384. The van der Waals surface area contributed by atoms with Crippen molar-refractivity contribution in [3.63, 3.8) is 0 Å². The van der Waals surface area contributed by atoms with E-state index in [9.17, 15) is 20.0 Å². The minimum absolute atomic E-state index is 0.0561. The number of hydrogen-bond donors (Lipinski definition) is 2. The molecule has 1 aromatic heterocycles. The standard InChI is InChI=1S/C13H19N3O4/c1-15-7-10(16(19)20)6-11(15)12(18)14-8-13(9-17)4-2-3-5-13/h6-7,17H,2-5,8-9H2,1H3,(H,14,18). The van der Waals surface area contributed by atoms with E-state index in [1.54, 1.807) is 7.05 Å². The van der Waals surface area contributed by atoms with Gasteiger partial charge in [-0.05, 0) is 12.8 Å². The molecule has 0 unspecified atom stereocenters. The van der Waals surface area contributed by atoms with Crippen molar-refractivity contribution in [2.24, 2.45) is 12.5 Å². The second-order valence-corrected chi connectivity index (χ2v) is 5.50. The number of rotatable bonds is 5. The molecule has 1 aliphatic carbocycles. The van der Waals surface area contributed by atoms with Gasteiger partial charge in [0.05, 0.1) is 17.7 Å². The second-order valence-electron chi connectivity index (χ2n) is 5.50. The van der Waals surface area contributed by atoms with E-state index in [1.165, 1.54) is 16.8 Å². The predicted octanol–water partition coefficient (Wildman–Crippen LogP) is 1.22. The Hall–Kier alpha value is -1.89. The third-order valence-corrected chi connectivity index (χ3v) is 4.06. The van der Waals surface area contributed by atoms with E-state index in [0.29, 0.717) is 6.54 Å². The van der Waals surface area contributed by atoms with Gasteiger partial charge in [-0.15, -0.1) is 0 Å². The van der Waals surface area contributed by atoms with Crippen LogP contribution < -0.4 is 5.32 Å². The lowest BCUT2D eigenvalue weighted by Gasteiger charge is -2.26. The Morgan fingerprint density at radius 3 is 2.70 bits per heavy atom. The second kappa shape index (κ2) is 5.62. The summed E-state index contributed by atoms with van der Waals surface area (Å²) < 4.78 is 1.44. The van der Waals surface area contributed by atoms with E-state index in [0.717, 1.165) is 25.7 Å². The molecule has 1 fully saturated rings. The first-order chi connectivity index (χ1) is 9.47. The summed E-state index contributed by atoms with van der Waals surface area (Å²) in [6.45, 7) is 0.460. The number of aromatic nitrogens is 1. The molecule has 1 amide bonds. The van der Waals surface area contributed by atoms with E-state index in [1.807, 2.05) is 0 Å². The zero-order valence-corrected chi connectivity index (χ0v) is 11.5. The Morgan fingerprint density at radius 2 is 2.20 bits per heavy atom. The molecule has 0 spiro atoms. The Balaban J connectivity index is 2.03. The van der Waals surface area contributed by atoms with Crippen molar-refractivity contribution in [1.82, 2.24) is 9.88 Å². The molecule has 1 aliphatic rings. The molecule has 2 N–H and O–H groups in total. The number of amides is 1. The van der Waals surface area contributed by atoms with Gasteiger partial charge in [0.1, 0.15) is 5.69 Å². The summed E-state index contributed by atoms with van der Waals surface area (Å²) in [5, 5.41) is 22.9. The van der Waals surface area contributed by atoms with Gasteiger partial charge < -0.3 is 15.0 Å². The zero-order valence-electron chi connectivity index (χ0n) is 11.5. The molecule has 1 saturated carbocycles. The number of nitrogens with one attached hydrogen (secondary N) is 1. The molecule has 1 aromatic rings. The van der Waals surface area contributed by atoms with Crippen LogP contribution in [-0.4, -0.2) is 33.7 Å². The molecule has 110 valence electrons. The highest BCUT2D eigenvalue weighted by Crippen LogP contribution is 2.36. The highest BCUT2D eigenvalue weighted by Gasteiger charge is 2.33. The van der Waals surface area contributed by atoms with Crippen LogP contribution in [0.4, 0.5) is 5.69 Å². The van der Waals surface area contributed by atoms with Crippen LogP contribution in [0.2, 0.25) is 0 Å². The number of carbonyl (C=O) groups excluding carboxylic acids is 1. The van der Waals surface area contributed by atoms with Gasteiger partial charge in [-0.3, -0.25) is 14.9 Å². The smallest absolute Gasteiger partial charge is 0.287 e. The van der Waals surface area contributed by atoms with E-state index in [4.69, 9.17) is 0 Å². The fourth-order valence-corrected chi connectivity index (χ4v) is 2.75. The number of nitrogens with zero attached hydrogens (tertiary/aromatic N) is 2. The largest absolute Gasteiger partial charge is 0.396 e. The van der Waals surface area contributed by atoms with Gasteiger partial charge in [0.25, 0.3) is 11.6 Å². The van der Waals surface area contributed by atoms with Crippen LogP contribution in [0.1, 0.15) is 36.2 Å². The predicted molar refractivity (Wildman–Crippen MR) is 72.4 cm³/mol. The maximum atomic E-state index is 12.1. The summed E-state index contributed by atoms with van der Waals surface area (Å²) >= 11 is 0. The first-order valence-corrected chi connectivity index (χ1v) is 6.67. The highest BCUT2D eigenvalue weighted by molar-refractivity contribution is 5.93. The van der Waals surface area contributed by atoms with Crippen molar-refractivity contribution >= 4 is 11.6 Å². The fourth-order valence-electron chi connectivity index (χ4n) is 2.75. The highest BCUT2D eigenvalue weighted by atomic mass is 16.6.